The molecule has 0 N–H and O–H groups in total. The van der Waals surface area contributed by atoms with E-state index < -0.39 is 63.2 Å². The van der Waals surface area contributed by atoms with Crippen LogP contribution in [0.5, 0.6) is 11.5 Å². The van der Waals surface area contributed by atoms with Crippen LogP contribution in [0.1, 0.15) is 99.3 Å². The Morgan fingerprint density at radius 3 is 2.07 bits per heavy atom. The number of fused-ring (bicyclic) bond motifs is 2. The quantitative estimate of drug-likeness (QED) is 0.0253. The lowest BCUT2D eigenvalue weighted by Crippen LogP contribution is -2.59. The number of ether oxygens (including phenoxy) is 5. The van der Waals surface area contributed by atoms with Crippen molar-refractivity contribution in [2.75, 3.05) is 53.2 Å². The van der Waals surface area contributed by atoms with Crippen LogP contribution >= 0.6 is 11.6 Å². The number of nitrogens with zero attached hydrogens (tertiary/aromatic N) is 5. The first-order valence-corrected chi connectivity index (χ1v) is 25.6. The summed E-state index contributed by atoms with van der Waals surface area (Å²) in [4.78, 5) is 92.0. The van der Waals surface area contributed by atoms with Gasteiger partial charge in [-0.25, -0.2) is 18.4 Å². The molecule has 1 aliphatic carbocycles. The molecule has 3 heterocycles. The standard InChI is InChI=1S/C52H62ClF2N5O15/c1-33-28-35(11-18-45(33)69-2)32-57(38-14-15-38)50(62)46-41(36-12-9-34(10-13-36)8-7-25-70-48-43(55)17-16-42(54)47(48)53)31-39-29-37(30-44(46)58(39)51(63)71-23-3-5-26-73-59(65)66)49(61)56-21-19-40(20-22-56)75-52(64)72-24-4-6-27-74-60(67)68/h9-13,16-18,28,37-40,44H,3-8,14-15,19-27,29-32H2,1-2H3. The van der Waals surface area contributed by atoms with Crippen molar-refractivity contribution in [3.63, 3.8) is 0 Å². The SMILES string of the molecule is COc1ccc(CN(C(=O)C2=C(c3ccc(CCCOc4c(F)ccc(F)c4Cl)cc3)CC3CC(C(=O)N4CCC(OC(=O)OCCCCO[N+](=O)[O-])CC4)CC2N3C(=O)OCCCCO[N+](=O)[O-])C2CC2)cc1C. The Labute approximate surface area is 437 Å². The zero-order valence-electron chi connectivity index (χ0n) is 41.9. The minimum atomic E-state index is -0.897. The lowest BCUT2D eigenvalue weighted by Gasteiger charge is -2.50. The number of amides is 3. The smallest absolute Gasteiger partial charge is 0.496 e. The second-order valence-corrected chi connectivity index (χ2v) is 19.4. The molecule has 75 heavy (non-hydrogen) atoms. The normalized spacial score (nSPS) is 18.4. The van der Waals surface area contributed by atoms with Gasteiger partial charge in [0.2, 0.25) is 5.91 Å². The summed E-state index contributed by atoms with van der Waals surface area (Å²) in [6, 6.07) is 13.8. The summed E-state index contributed by atoms with van der Waals surface area (Å²) in [7, 11) is 1.59. The van der Waals surface area contributed by atoms with Gasteiger partial charge in [-0.05, 0) is 124 Å². The van der Waals surface area contributed by atoms with Crippen molar-refractivity contribution in [2.24, 2.45) is 5.92 Å². The fourth-order valence-corrected chi connectivity index (χ4v) is 10.2. The van der Waals surface area contributed by atoms with Crippen molar-refractivity contribution >= 4 is 41.2 Å². The molecule has 3 fully saturated rings. The molecule has 7 rings (SSSR count). The topological polar surface area (TPSA) is 229 Å². The number of carbonyl (C=O) groups excluding carboxylic acids is 4. The van der Waals surface area contributed by atoms with Crippen LogP contribution in [0.4, 0.5) is 18.4 Å². The molecule has 3 atom stereocenters. The third-order valence-corrected chi connectivity index (χ3v) is 14.2. The van der Waals surface area contributed by atoms with E-state index in [1.807, 2.05) is 54.3 Å². The van der Waals surface area contributed by atoms with Crippen LogP contribution < -0.4 is 9.47 Å². The maximum absolute atomic E-state index is 15.6. The first kappa shape index (κ1) is 55.8. The van der Waals surface area contributed by atoms with Crippen molar-refractivity contribution in [1.82, 2.24) is 14.7 Å². The Bertz CT molecular complexity index is 2560. The molecule has 2 bridgehead atoms. The zero-order chi connectivity index (χ0) is 53.6. The number of benzene rings is 3. The van der Waals surface area contributed by atoms with Gasteiger partial charge in [-0.3, -0.25) is 14.5 Å². The minimum Gasteiger partial charge on any atom is -0.496 e. The summed E-state index contributed by atoms with van der Waals surface area (Å²) in [6.45, 7) is 2.46. The molecule has 4 aliphatic rings. The van der Waals surface area contributed by atoms with E-state index in [4.69, 9.17) is 35.3 Å². The largest absolute Gasteiger partial charge is 0.508 e. The molecule has 0 aromatic heterocycles. The summed E-state index contributed by atoms with van der Waals surface area (Å²) >= 11 is 5.95. The molecule has 2 saturated heterocycles. The van der Waals surface area contributed by atoms with Gasteiger partial charge in [0.15, 0.2) is 11.6 Å². The van der Waals surface area contributed by atoms with Gasteiger partial charge < -0.3 is 43.2 Å². The molecule has 20 nitrogen and oxygen atoms in total. The third kappa shape index (κ3) is 15.1. The van der Waals surface area contributed by atoms with Gasteiger partial charge in [-0.2, -0.15) is 0 Å². The van der Waals surface area contributed by atoms with Crippen molar-refractivity contribution in [2.45, 2.75) is 121 Å². The highest BCUT2D eigenvalue weighted by molar-refractivity contribution is 6.32. The Morgan fingerprint density at radius 1 is 0.787 bits per heavy atom. The highest BCUT2D eigenvalue weighted by atomic mass is 35.5. The van der Waals surface area contributed by atoms with Crippen molar-refractivity contribution < 1.29 is 71.5 Å². The molecule has 3 unspecified atom stereocenters. The molecule has 3 aromatic carbocycles. The Kier molecular flexibility index (Phi) is 19.7. The number of aryl methyl sites for hydroxylation is 2. The monoisotopic (exact) mass is 1070 g/mol. The predicted molar refractivity (Wildman–Crippen MR) is 264 cm³/mol. The second-order valence-electron chi connectivity index (χ2n) is 19.0. The van der Waals surface area contributed by atoms with Crippen molar-refractivity contribution in [3.8, 4) is 11.5 Å². The van der Waals surface area contributed by atoms with Crippen LogP contribution in [0, 0.1) is 44.7 Å². The molecule has 3 aromatic rings. The fourth-order valence-electron chi connectivity index (χ4n) is 9.99. The number of methoxy groups -OCH3 is 1. The van der Waals surface area contributed by atoms with Gasteiger partial charge >= 0.3 is 12.2 Å². The summed E-state index contributed by atoms with van der Waals surface area (Å²) in [5, 5.41) is 18.8. The Morgan fingerprint density at radius 2 is 1.43 bits per heavy atom. The van der Waals surface area contributed by atoms with Crippen molar-refractivity contribution in [3.05, 3.63) is 119 Å². The number of rotatable bonds is 25. The first-order chi connectivity index (χ1) is 36.1. The lowest BCUT2D eigenvalue weighted by atomic mass is 9.73. The number of unbranched alkanes of at least 4 members (excludes halogenated alkanes) is 2. The maximum atomic E-state index is 15.6. The van der Waals surface area contributed by atoms with Crippen molar-refractivity contribution in [1.29, 1.82) is 0 Å². The number of piperidine rings is 2. The van der Waals surface area contributed by atoms with E-state index in [2.05, 4.69) is 9.68 Å². The molecule has 0 radical (unpaired) electrons. The van der Waals surface area contributed by atoms with E-state index in [1.54, 1.807) is 16.9 Å². The average Bonchev–Trinajstić information content (AvgIpc) is 4.24. The number of carbonyl (C=O) groups is 4. The van der Waals surface area contributed by atoms with E-state index in [1.165, 1.54) is 0 Å². The number of halogens is 3. The first-order valence-electron chi connectivity index (χ1n) is 25.3. The number of hydrogen-bond acceptors (Lipinski definition) is 15. The average molecular weight is 1070 g/mol. The molecular formula is C52H62ClF2N5O15. The van der Waals surface area contributed by atoms with E-state index in [9.17, 15) is 43.4 Å². The minimum absolute atomic E-state index is 0.00697. The highest BCUT2D eigenvalue weighted by Gasteiger charge is 2.51. The fraction of sp³-hybridized carbons (Fsp3) is 0.538. The third-order valence-electron chi connectivity index (χ3n) is 13.8. The number of hydrogen-bond donors (Lipinski definition) is 0. The van der Waals surface area contributed by atoms with Crippen LogP contribution in [0.15, 0.2) is 60.2 Å². The van der Waals surface area contributed by atoms with Gasteiger partial charge in [-0.15, -0.1) is 20.2 Å². The van der Waals surface area contributed by atoms with Crippen LogP contribution in [0.2, 0.25) is 5.02 Å². The summed E-state index contributed by atoms with van der Waals surface area (Å²) < 4.78 is 55.9. The summed E-state index contributed by atoms with van der Waals surface area (Å²) in [6.07, 6.45) is 2.90. The van der Waals surface area contributed by atoms with Crippen LogP contribution in [0.25, 0.3) is 5.57 Å². The lowest BCUT2D eigenvalue weighted by molar-refractivity contribution is -0.757. The van der Waals surface area contributed by atoms with Gasteiger partial charge in [0.25, 0.3) is 16.1 Å². The Hall–Kier alpha value is -6.97. The molecule has 3 aliphatic heterocycles. The van der Waals surface area contributed by atoms with Crippen LogP contribution in [0.3, 0.4) is 0 Å². The van der Waals surface area contributed by atoms with E-state index in [0.29, 0.717) is 49.8 Å². The van der Waals surface area contributed by atoms with E-state index >= 15 is 4.79 Å². The van der Waals surface area contributed by atoms with Gasteiger partial charge in [0, 0.05) is 56.1 Å². The molecule has 23 heteroatoms. The zero-order valence-corrected chi connectivity index (χ0v) is 42.7. The maximum Gasteiger partial charge on any atom is 0.508 e. The van der Waals surface area contributed by atoms with Gasteiger partial charge in [-0.1, -0.05) is 48.0 Å². The van der Waals surface area contributed by atoms with Crippen LogP contribution in [-0.4, -0.2) is 126 Å². The van der Waals surface area contributed by atoms with Gasteiger partial charge in [0.1, 0.15) is 22.7 Å². The molecule has 1 saturated carbocycles. The van der Waals surface area contributed by atoms with Crippen LogP contribution in [-0.2, 0) is 46.4 Å². The summed E-state index contributed by atoms with van der Waals surface area (Å²) in [5.74, 6) is -2.24. The molecule has 0 spiro atoms. The molecule has 3 amide bonds. The highest BCUT2D eigenvalue weighted by Crippen LogP contribution is 2.46. The Balaban J connectivity index is 1.13. The molecule has 406 valence electrons. The second kappa shape index (κ2) is 26.5. The van der Waals surface area contributed by atoms with E-state index in [0.717, 1.165) is 52.8 Å². The van der Waals surface area contributed by atoms with E-state index in [-0.39, 0.29) is 108 Å². The number of likely N-dealkylation sites (tertiary alicyclic amines) is 1. The predicted octanol–water partition coefficient (Wildman–Crippen LogP) is 9.00. The summed E-state index contributed by atoms with van der Waals surface area (Å²) in [5.41, 5.74) is 4.56. The molecular weight excluding hydrogens is 1010 g/mol. The van der Waals surface area contributed by atoms with Gasteiger partial charge in [0.05, 0.1) is 46.2 Å².